The van der Waals surface area contributed by atoms with Crippen molar-refractivity contribution in [1.82, 2.24) is 4.90 Å². The number of carboxylic acids is 1. The van der Waals surface area contributed by atoms with Gasteiger partial charge in [0.25, 0.3) is 0 Å². The summed E-state index contributed by atoms with van der Waals surface area (Å²) < 4.78 is 0. The number of rotatable bonds is 5. The number of aliphatic carboxylic acids is 1. The number of hydrogen-bond acceptors (Lipinski definition) is 3. The SMILES string of the molecule is Cc1ccc(N2CCCC3(CCCN3Cc3ccc(CC(=O)O)cc3)C2=O)cc1. The van der Waals surface area contributed by atoms with E-state index in [9.17, 15) is 9.59 Å². The van der Waals surface area contributed by atoms with Gasteiger partial charge in [0.05, 0.1) is 6.42 Å². The van der Waals surface area contributed by atoms with Gasteiger partial charge in [-0.05, 0) is 62.4 Å². The molecule has 2 aromatic rings. The number of aryl methyl sites for hydroxylation is 1. The first-order chi connectivity index (χ1) is 14.0. The maximum atomic E-state index is 13.6. The lowest BCUT2D eigenvalue weighted by molar-refractivity contribution is -0.136. The molecule has 1 N–H and O–H groups in total. The Morgan fingerprint density at radius 3 is 2.24 bits per heavy atom. The average Bonchev–Trinajstić information content (AvgIpc) is 3.09. The van der Waals surface area contributed by atoms with Gasteiger partial charge in [0, 0.05) is 18.8 Å². The second kappa shape index (κ2) is 7.99. The smallest absolute Gasteiger partial charge is 0.307 e. The summed E-state index contributed by atoms with van der Waals surface area (Å²) in [5, 5.41) is 8.94. The number of piperidine rings is 1. The van der Waals surface area contributed by atoms with E-state index in [1.165, 1.54) is 5.56 Å². The number of anilines is 1. The van der Waals surface area contributed by atoms with Gasteiger partial charge < -0.3 is 10.0 Å². The lowest BCUT2D eigenvalue weighted by Crippen LogP contribution is -2.59. The predicted octanol–water partition coefficient (Wildman–Crippen LogP) is 3.78. The number of nitrogens with zero attached hydrogens (tertiary/aromatic N) is 2. The van der Waals surface area contributed by atoms with Gasteiger partial charge in [0.15, 0.2) is 0 Å². The molecular formula is C24H28N2O3. The summed E-state index contributed by atoms with van der Waals surface area (Å²) in [5.41, 5.74) is 3.70. The normalized spacial score (nSPS) is 22.4. The van der Waals surface area contributed by atoms with Crippen molar-refractivity contribution in [2.45, 2.75) is 51.1 Å². The fourth-order valence-corrected chi connectivity index (χ4v) is 4.81. The Hall–Kier alpha value is -2.66. The summed E-state index contributed by atoms with van der Waals surface area (Å²) in [6.45, 7) is 4.48. The molecule has 0 bridgehead atoms. The van der Waals surface area contributed by atoms with Crippen molar-refractivity contribution in [2.24, 2.45) is 0 Å². The van der Waals surface area contributed by atoms with Crippen molar-refractivity contribution >= 4 is 17.6 Å². The molecule has 1 spiro atoms. The zero-order valence-corrected chi connectivity index (χ0v) is 16.9. The molecule has 0 aliphatic carbocycles. The van der Waals surface area contributed by atoms with Crippen LogP contribution in [0.25, 0.3) is 0 Å². The zero-order chi connectivity index (χ0) is 20.4. The average molecular weight is 392 g/mol. The maximum absolute atomic E-state index is 13.6. The first-order valence-electron chi connectivity index (χ1n) is 10.4. The molecule has 5 heteroatoms. The van der Waals surface area contributed by atoms with Gasteiger partial charge in [-0.2, -0.15) is 0 Å². The number of carboxylic acid groups (broad SMARTS) is 1. The van der Waals surface area contributed by atoms with Crippen molar-refractivity contribution in [2.75, 3.05) is 18.0 Å². The van der Waals surface area contributed by atoms with Crippen LogP contribution in [0.3, 0.4) is 0 Å². The van der Waals surface area contributed by atoms with Crippen LogP contribution in [0.1, 0.15) is 42.4 Å². The van der Waals surface area contributed by atoms with E-state index >= 15 is 0 Å². The Labute approximate surface area is 171 Å². The summed E-state index contributed by atoms with van der Waals surface area (Å²) in [4.78, 5) is 28.8. The van der Waals surface area contributed by atoms with Crippen molar-refractivity contribution in [1.29, 1.82) is 0 Å². The number of hydrogen-bond donors (Lipinski definition) is 1. The van der Waals surface area contributed by atoms with E-state index in [-0.39, 0.29) is 12.3 Å². The highest BCUT2D eigenvalue weighted by Gasteiger charge is 2.50. The third-order valence-corrected chi connectivity index (χ3v) is 6.34. The van der Waals surface area contributed by atoms with Crippen molar-refractivity contribution in [3.8, 4) is 0 Å². The van der Waals surface area contributed by atoms with E-state index < -0.39 is 11.5 Å². The Balaban J connectivity index is 1.53. The van der Waals surface area contributed by atoms with Crippen LogP contribution in [-0.4, -0.2) is 40.5 Å². The molecule has 29 heavy (non-hydrogen) atoms. The molecule has 1 atom stereocenters. The topological polar surface area (TPSA) is 60.9 Å². The highest BCUT2D eigenvalue weighted by atomic mass is 16.4. The molecular weight excluding hydrogens is 364 g/mol. The van der Waals surface area contributed by atoms with Crippen LogP contribution in [0.2, 0.25) is 0 Å². The highest BCUT2D eigenvalue weighted by molar-refractivity contribution is 6.01. The van der Waals surface area contributed by atoms with Crippen molar-refractivity contribution in [3.05, 3.63) is 65.2 Å². The Bertz CT molecular complexity index is 891. The van der Waals surface area contributed by atoms with E-state index in [1.807, 2.05) is 41.3 Å². The quantitative estimate of drug-likeness (QED) is 0.841. The molecule has 2 aliphatic rings. The van der Waals surface area contributed by atoms with Crippen molar-refractivity contribution in [3.63, 3.8) is 0 Å². The molecule has 2 fully saturated rings. The first kappa shape index (κ1) is 19.6. The fraction of sp³-hybridized carbons (Fsp3) is 0.417. The van der Waals surface area contributed by atoms with E-state index in [0.29, 0.717) is 0 Å². The predicted molar refractivity (Wildman–Crippen MR) is 113 cm³/mol. The van der Waals surface area contributed by atoms with Crippen LogP contribution in [0, 0.1) is 6.92 Å². The fourth-order valence-electron chi connectivity index (χ4n) is 4.81. The lowest BCUT2D eigenvalue weighted by Gasteiger charge is -2.44. The lowest BCUT2D eigenvalue weighted by atomic mass is 9.84. The molecule has 152 valence electrons. The Morgan fingerprint density at radius 2 is 1.59 bits per heavy atom. The molecule has 2 aliphatic heterocycles. The minimum atomic E-state index is -0.819. The molecule has 5 nitrogen and oxygen atoms in total. The number of likely N-dealkylation sites (tertiary alicyclic amines) is 1. The van der Waals surface area contributed by atoms with Gasteiger partial charge in [0.2, 0.25) is 5.91 Å². The summed E-state index contributed by atoms with van der Waals surface area (Å²) >= 11 is 0. The number of carbonyl (C=O) groups is 2. The summed E-state index contributed by atoms with van der Waals surface area (Å²) in [5.74, 6) is -0.590. The van der Waals surface area contributed by atoms with E-state index in [2.05, 4.69) is 24.0 Å². The number of amides is 1. The van der Waals surface area contributed by atoms with Crippen LogP contribution in [0.5, 0.6) is 0 Å². The summed E-state index contributed by atoms with van der Waals surface area (Å²) in [6, 6.07) is 16.0. The Morgan fingerprint density at radius 1 is 0.966 bits per heavy atom. The zero-order valence-electron chi connectivity index (χ0n) is 16.9. The molecule has 2 saturated heterocycles. The van der Waals surface area contributed by atoms with Crippen LogP contribution in [0.4, 0.5) is 5.69 Å². The molecule has 2 aromatic carbocycles. The van der Waals surface area contributed by atoms with Gasteiger partial charge in [-0.25, -0.2) is 0 Å². The van der Waals surface area contributed by atoms with Crippen LogP contribution >= 0.6 is 0 Å². The molecule has 4 rings (SSSR count). The molecule has 0 saturated carbocycles. The molecule has 1 amide bonds. The number of carbonyl (C=O) groups excluding carboxylic acids is 1. The standard InChI is InChI=1S/C24H28N2O3/c1-18-4-10-21(11-5-18)26-15-3-13-24(23(26)29)12-2-14-25(24)17-20-8-6-19(7-9-20)16-22(27)28/h4-11H,2-3,12-17H2,1H3,(H,27,28). The van der Waals surface area contributed by atoms with E-state index in [4.69, 9.17) is 5.11 Å². The second-order valence-corrected chi connectivity index (χ2v) is 8.34. The van der Waals surface area contributed by atoms with Crippen molar-refractivity contribution < 1.29 is 14.7 Å². The van der Waals surface area contributed by atoms with Gasteiger partial charge in [-0.15, -0.1) is 0 Å². The van der Waals surface area contributed by atoms with Gasteiger partial charge in [-0.3, -0.25) is 14.5 Å². The van der Waals surface area contributed by atoms with E-state index in [0.717, 1.165) is 62.1 Å². The maximum Gasteiger partial charge on any atom is 0.307 e. The van der Waals surface area contributed by atoms with Crippen LogP contribution in [0.15, 0.2) is 48.5 Å². The van der Waals surface area contributed by atoms with Crippen LogP contribution < -0.4 is 4.90 Å². The monoisotopic (exact) mass is 392 g/mol. The van der Waals surface area contributed by atoms with E-state index in [1.54, 1.807) is 0 Å². The molecule has 1 unspecified atom stereocenters. The minimum absolute atomic E-state index is 0.0396. The second-order valence-electron chi connectivity index (χ2n) is 8.34. The minimum Gasteiger partial charge on any atom is -0.481 e. The summed E-state index contributed by atoms with van der Waals surface area (Å²) in [7, 11) is 0. The first-order valence-corrected chi connectivity index (χ1v) is 10.4. The summed E-state index contributed by atoms with van der Waals surface area (Å²) in [6.07, 6.45) is 3.90. The van der Waals surface area contributed by atoms with Crippen LogP contribution in [-0.2, 0) is 22.6 Å². The third-order valence-electron chi connectivity index (χ3n) is 6.34. The van der Waals surface area contributed by atoms with Gasteiger partial charge >= 0.3 is 5.97 Å². The number of benzene rings is 2. The molecule has 0 aromatic heterocycles. The molecule has 0 radical (unpaired) electrons. The van der Waals surface area contributed by atoms with Gasteiger partial charge in [0.1, 0.15) is 5.54 Å². The Kier molecular flexibility index (Phi) is 5.41. The highest BCUT2D eigenvalue weighted by Crippen LogP contribution is 2.40. The largest absolute Gasteiger partial charge is 0.481 e. The molecule has 2 heterocycles. The third kappa shape index (κ3) is 3.92. The van der Waals surface area contributed by atoms with Gasteiger partial charge in [-0.1, -0.05) is 42.0 Å².